The minimum atomic E-state index is -2.64. The normalized spacial score (nSPS) is 14.1. The third-order valence-corrected chi connectivity index (χ3v) is 8.61. The Labute approximate surface area is 153 Å². The van der Waals surface area contributed by atoms with E-state index in [1.165, 1.54) is 16.8 Å². The van der Waals surface area contributed by atoms with E-state index < -0.39 is 7.41 Å². The highest BCUT2D eigenvalue weighted by Crippen LogP contribution is 2.59. The summed E-state index contributed by atoms with van der Waals surface area (Å²) in [5.41, 5.74) is 0. The molecule has 3 nitrogen and oxygen atoms in total. The number of nitrogens with zero attached hydrogens (tertiary/aromatic N) is 1. The van der Waals surface area contributed by atoms with Crippen molar-refractivity contribution in [1.82, 2.24) is 4.67 Å². The van der Waals surface area contributed by atoms with Gasteiger partial charge in [0.25, 0.3) is 11.8 Å². The molecule has 0 atom stereocenters. The van der Waals surface area contributed by atoms with E-state index in [9.17, 15) is 9.59 Å². The van der Waals surface area contributed by atoms with Gasteiger partial charge in [0.05, 0.1) is 0 Å². The highest BCUT2D eigenvalue weighted by atomic mass is 31.2. The van der Waals surface area contributed by atoms with Crippen LogP contribution in [0, 0.1) is 0 Å². The molecular weight excluding hydrogens is 341 g/mol. The Morgan fingerprint density at radius 2 is 0.808 bits per heavy atom. The standard InChI is InChI=1S/C22H17NO2P/c24-21-16-17-22(25)23(21)26(18-10-4-1-5-11-18,19-12-6-2-7-13-19)20-14-8-3-9-15-20/h1-17H/q+1. The number of benzene rings is 3. The van der Waals surface area contributed by atoms with Crippen LogP contribution in [-0.4, -0.2) is 16.5 Å². The molecule has 0 aliphatic carbocycles. The van der Waals surface area contributed by atoms with Gasteiger partial charge in [-0.05, 0) is 36.4 Å². The number of carbonyl (C=O) groups is 2. The van der Waals surface area contributed by atoms with Crippen LogP contribution in [-0.2, 0) is 9.59 Å². The molecule has 126 valence electrons. The van der Waals surface area contributed by atoms with E-state index in [0.29, 0.717) is 0 Å². The Bertz CT molecular complexity index is 854. The zero-order chi connectivity index (χ0) is 18.0. The number of imide groups is 1. The van der Waals surface area contributed by atoms with Crippen molar-refractivity contribution in [3.63, 3.8) is 0 Å². The van der Waals surface area contributed by atoms with Gasteiger partial charge in [0, 0.05) is 12.2 Å². The van der Waals surface area contributed by atoms with Crippen LogP contribution in [0.1, 0.15) is 0 Å². The van der Waals surface area contributed by atoms with Crippen LogP contribution in [0.2, 0.25) is 0 Å². The Morgan fingerprint density at radius 3 is 1.12 bits per heavy atom. The molecule has 0 unspecified atom stereocenters. The molecule has 0 spiro atoms. The number of rotatable bonds is 4. The molecule has 1 aliphatic heterocycles. The van der Waals surface area contributed by atoms with E-state index in [2.05, 4.69) is 0 Å². The van der Waals surface area contributed by atoms with Crippen LogP contribution in [0.4, 0.5) is 0 Å². The molecule has 0 radical (unpaired) electrons. The number of hydrogen-bond donors (Lipinski definition) is 0. The van der Waals surface area contributed by atoms with E-state index in [4.69, 9.17) is 0 Å². The summed E-state index contributed by atoms with van der Waals surface area (Å²) < 4.78 is 1.47. The van der Waals surface area contributed by atoms with E-state index >= 15 is 0 Å². The number of hydrogen-bond acceptors (Lipinski definition) is 2. The minimum absolute atomic E-state index is 0.264. The molecule has 26 heavy (non-hydrogen) atoms. The Kier molecular flexibility index (Phi) is 4.24. The molecule has 0 N–H and O–H groups in total. The van der Waals surface area contributed by atoms with Crippen molar-refractivity contribution in [2.24, 2.45) is 0 Å². The fraction of sp³-hybridized carbons (Fsp3) is 0. The maximum atomic E-state index is 12.8. The Hall–Kier alpha value is -3.03. The van der Waals surface area contributed by atoms with Crippen molar-refractivity contribution >= 4 is 35.1 Å². The van der Waals surface area contributed by atoms with Crippen LogP contribution >= 0.6 is 7.41 Å². The van der Waals surface area contributed by atoms with Gasteiger partial charge in [0.1, 0.15) is 15.9 Å². The molecule has 1 aliphatic rings. The molecule has 1 heterocycles. The van der Waals surface area contributed by atoms with Crippen molar-refractivity contribution in [2.45, 2.75) is 0 Å². The van der Waals surface area contributed by atoms with Gasteiger partial charge in [-0.3, -0.25) is 9.59 Å². The van der Waals surface area contributed by atoms with E-state index in [1.807, 2.05) is 91.0 Å². The summed E-state index contributed by atoms with van der Waals surface area (Å²) in [6.07, 6.45) is 2.73. The number of carbonyl (C=O) groups excluding carboxylic acids is 2. The molecule has 0 bridgehead atoms. The van der Waals surface area contributed by atoms with E-state index in [0.717, 1.165) is 15.9 Å². The molecule has 0 fully saturated rings. The van der Waals surface area contributed by atoms with Crippen molar-refractivity contribution in [3.05, 3.63) is 103 Å². The molecule has 2 amide bonds. The summed E-state index contributed by atoms with van der Waals surface area (Å²) in [6.45, 7) is 0. The van der Waals surface area contributed by atoms with Gasteiger partial charge in [0.2, 0.25) is 7.41 Å². The highest BCUT2D eigenvalue weighted by Gasteiger charge is 2.57. The molecular formula is C22H17NO2P+. The first-order chi connectivity index (χ1) is 12.7. The average molecular weight is 358 g/mol. The monoisotopic (exact) mass is 358 g/mol. The van der Waals surface area contributed by atoms with Crippen molar-refractivity contribution < 1.29 is 9.59 Å². The summed E-state index contributed by atoms with van der Waals surface area (Å²) in [5.74, 6) is -0.528. The lowest BCUT2D eigenvalue weighted by Crippen LogP contribution is -2.46. The summed E-state index contributed by atoms with van der Waals surface area (Å²) in [4.78, 5) is 25.6. The third kappa shape index (κ3) is 2.49. The molecule has 0 saturated heterocycles. The molecule has 4 heteroatoms. The quantitative estimate of drug-likeness (QED) is 0.531. The van der Waals surface area contributed by atoms with E-state index in [1.54, 1.807) is 0 Å². The lowest BCUT2D eigenvalue weighted by Gasteiger charge is -2.32. The first-order valence-electron chi connectivity index (χ1n) is 8.37. The summed E-state index contributed by atoms with van der Waals surface area (Å²) in [7, 11) is -2.64. The average Bonchev–Trinajstić information content (AvgIpc) is 3.04. The fourth-order valence-corrected chi connectivity index (χ4v) is 7.54. The van der Waals surface area contributed by atoms with Crippen molar-refractivity contribution in [1.29, 1.82) is 0 Å². The van der Waals surface area contributed by atoms with Crippen LogP contribution in [0.15, 0.2) is 103 Å². The van der Waals surface area contributed by atoms with Gasteiger partial charge < -0.3 is 0 Å². The maximum Gasteiger partial charge on any atom is 0.286 e. The summed E-state index contributed by atoms with van der Waals surface area (Å²) in [5, 5.41) is 2.92. The molecule has 0 aromatic heterocycles. The zero-order valence-electron chi connectivity index (χ0n) is 14.0. The van der Waals surface area contributed by atoms with Crippen LogP contribution < -0.4 is 15.9 Å². The van der Waals surface area contributed by atoms with Crippen molar-refractivity contribution in [2.75, 3.05) is 0 Å². The topological polar surface area (TPSA) is 37.4 Å². The van der Waals surface area contributed by atoms with Gasteiger partial charge >= 0.3 is 0 Å². The summed E-state index contributed by atoms with van der Waals surface area (Å²) >= 11 is 0. The predicted molar refractivity (Wildman–Crippen MR) is 106 cm³/mol. The van der Waals surface area contributed by atoms with Gasteiger partial charge in [-0.1, -0.05) is 54.6 Å². The lowest BCUT2D eigenvalue weighted by molar-refractivity contribution is -0.130. The Balaban J connectivity index is 2.11. The highest BCUT2D eigenvalue weighted by molar-refractivity contribution is 7.94. The SMILES string of the molecule is O=C1C=CC(=O)N1[P+](c1ccccc1)(c1ccccc1)c1ccccc1. The lowest BCUT2D eigenvalue weighted by atomic mass is 10.4. The third-order valence-electron chi connectivity index (χ3n) is 4.48. The van der Waals surface area contributed by atoms with Gasteiger partial charge in [-0.15, -0.1) is 4.67 Å². The number of amides is 2. The predicted octanol–water partition coefficient (Wildman–Crippen LogP) is 2.82. The first-order valence-corrected chi connectivity index (χ1v) is 10.1. The molecule has 3 aromatic carbocycles. The molecule has 3 aromatic rings. The second-order valence-corrected chi connectivity index (χ2v) is 9.18. The first kappa shape index (κ1) is 16.4. The minimum Gasteiger partial charge on any atom is -0.266 e. The molecule has 0 saturated carbocycles. The molecule has 4 rings (SSSR count). The second kappa shape index (κ2) is 6.70. The second-order valence-electron chi connectivity index (χ2n) is 5.96. The zero-order valence-corrected chi connectivity index (χ0v) is 14.9. The Morgan fingerprint density at radius 1 is 0.500 bits per heavy atom. The van der Waals surface area contributed by atoms with Gasteiger partial charge in [-0.25, -0.2) is 0 Å². The maximum absolute atomic E-state index is 12.8. The summed E-state index contributed by atoms with van der Waals surface area (Å²) in [6, 6.07) is 29.6. The van der Waals surface area contributed by atoms with Gasteiger partial charge in [-0.2, -0.15) is 0 Å². The smallest absolute Gasteiger partial charge is 0.266 e. The van der Waals surface area contributed by atoms with Crippen LogP contribution in [0.5, 0.6) is 0 Å². The van der Waals surface area contributed by atoms with Crippen molar-refractivity contribution in [3.8, 4) is 0 Å². The fourth-order valence-electron chi connectivity index (χ4n) is 3.41. The van der Waals surface area contributed by atoms with E-state index in [-0.39, 0.29) is 11.8 Å². The van der Waals surface area contributed by atoms with Gasteiger partial charge in [0.15, 0.2) is 0 Å². The van der Waals surface area contributed by atoms with Crippen LogP contribution in [0.3, 0.4) is 0 Å². The largest absolute Gasteiger partial charge is 0.286 e. The van der Waals surface area contributed by atoms with Crippen LogP contribution in [0.25, 0.3) is 0 Å².